The molecular formula is C8H9FO2S. The molecule has 66 valence electrons. The van der Waals surface area contributed by atoms with E-state index in [1.807, 2.05) is 0 Å². The van der Waals surface area contributed by atoms with Crippen molar-refractivity contribution in [2.45, 2.75) is 12.7 Å². The van der Waals surface area contributed by atoms with Crippen LogP contribution in [0.1, 0.15) is 11.1 Å². The third-order valence-electron chi connectivity index (χ3n) is 1.59. The summed E-state index contributed by atoms with van der Waals surface area (Å²) >= 11 is -1.90. The second-order valence-corrected chi connectivity index (χ2v) is 3.47. The van der Waals surface area contributed by atoms with Gasteiger partial charge in [-0.2, -0.15) is 0 Å². The highest BCUT2D eigenvalue weighted by molar-refractivity contribution is 7.78. The standard InChI is InChI=1S/C8H9FO2S/c1-6-2-3-8(9)4-7(6)5-12(10)11/h2-4H,5H2,1H3,(H,10,11). The second kappa shape index (κ2) is 3.78. The molecule has 4 heteroatoms. The molecule has 0 aliphatic rings. The van der Waals surface area contributed by atoms with Crippen molar-refractivity contribution in [2.24, 2.45) is 0 Å². The third-order valence-corrected chi connectivity index (χ3v) is 2.15. The van der Waals surface area contributed by atoms with Crippen molar-refractivity contribution in [3.63, 3.8) is 0 Å². The Labute approximate surface area is 72.7 Å². The van der Waals surface area contributed by atoms with Crippen LogP contribution < -0.4 is 0 Å². The van der Waals surface area contributed by atoms with Crippen LogP contribution in [0.3, 0.4) is 0 Å². The summed E-state index contributed by atoms with van der Waals surface area (Å²) in [5.41, 5.74) is 1.41. The lowest BCUT2D eigenvalue weighted by Gasteiger charge is -2.01. The van der Waals surface area contributed by atoms with E-state index in [0.717, 1.165) is 5.56 Å². The summed E-state index contributed by atoms with van der Waals surface area (Å²) in [6.07, 6.45) is 0. The lowest BCUT2D eigenvalue weighted by atomic mass is 10.1. The van der Waals surface area contributed by atoms with E-state index < -0.39 is 11.1 Å². The minimum absolute atomic E-state index is 0.0103. The minimum atomic E-state index is -1.90. The highest BCUT2D eigenvalue weighted by atomic mass is 32.2. The molecule has 0 aliphatic carbocycles. The van der Waals surface area contributed by atoms with Gasteiger partial charge in [-0.1, -0.05) is 6.07 Å². The highest BCUT2D eigenvalue weighted by Crippen LogP contribution is 2.11. The predicted molar refractivity (Wildman–Crippen MR) is 45.6 cm³/mol. The SMILES string of the molecule is Cc1ccc(F)cc1CS(=O)O. The van der Waals surface area contributed by atoms with Crippen LogP contribution in [-0.2, 0) is 16.8 Å². The quantitative estimate of drug-likeness (QED) is 0.719. The molecule has 1 aromatic rings. The molecule has 2 nitrogen and oxygen atoms in total. The van der Waals surface area contributed by atoms with E-state index in [0.29, 0.717) is 5.56 Å². The van der Waals surface area contributed by atoms with Crippen molar-refractivity contribution in [2.75, 3.05) is 0 Å². The van der Waals surface area contributed by atoms with Crippen LogP contribution in [0.4, 0.5) is 4.39 Å². The van der Waals surface area contributed by atoms with Gasteiger partial charge in [0.05, 0.1) is 5.75 Å². The Bertz CT molecular complexity index is 312. The second-order valence-electron chi connectivity index (χ2n) is 2.54. The molecule has 0 fully saturated rings. The van der Waals surface area contributed by atoms with E-state index in [1.165, 1.54) is 12.1 Å². The Morgan fingerprint density at radius 3 is 2.83 bits per heavy atom. The molecule has 1 unspecified atom stereocenters. The number of hydrogen-bond donors (Lipinski definition) is 1. The molecule has 1 aromatic carbocycles. The fourth-order valence-corrected chi connectivity index (χ4v) is 1.51. The monoisotopic (exact) mass is 188 g/mol. The minimum Gasteiger partial charge on any atom is -0.306 e. The molecule has 1 rings (SSSR count). The van der Waals surface area contributed by atoms with Gasteiger partial charge in [0.1, 0.15) is 5.82 Å². The summed E-state index contributed by atoms with van der Waals surface area (Å²) in [7, 11) is 0. The van der Waals surface area contributed by atoms with Gasteiger partial charge in [-0.15, -0.1) is 0 Å². The Morgan fingerprint density at radius 2 is 2.25 bits per heavy atom. The molecule has 0 bridgehead atoms. The molecule has 0 amide bonds. The van der Waals surface area contributed by atoms with Crippen molar-refractivity contribution in [3.8, 4) is 0 Å². The van der Waals surface area contributed by atoms with Crippen LogP contribution in [0.25, 0.3) is 0 Å². The van der Waals surface area contributed by atoms with Gasteiger partial charge < -0.3 is 4.55 Å². The van der Waals surface area contributed by atoms with Gasteiger partial charge >= 0.3 is 0 Å². The van der Waals surface area contributed by atoms with Crippen LogP contribution in [0.2, 0.25) is 0 Å². The van der Waals surface area contributed by atoms with Crippen molar-refractivity contribution in [1.29, 1.82) is 0 Å². The zero-order chi connectivity index (χ0) is 9.14. The normalized spacial score (nSPS) is 12.9. The number of hydrogen-bond acceptors (Lipinski definition) is 1. The van der Waals surface area contributed by atoms with E-state index in [1.54, 1.807) is 13.0 Å². The Kier molecular flexibility index (Phi) is 2.94. The highest BCUT2D eigenvalue weighted by Gasteiger charge is 2.02. The predicted octanol–water partition coefficient (Wildman–Crippen LogP) is 1.86. The maximum absolute atomic E-state index is 12.6. The molecule has 1 atom stereocenters. The molecule has 0 saturated heterocycles. The lowest BCUT2D eigenvalue weighted by molar-refractivity contribution is 0.563. The average molecular weight is 188 g/mol. The van der Waals surface area contributed by atoms with E-state index in [9.17, 15) is 8.60 Å². The molecule has 12 heavy (non-hydrogen) atoms. The Balaban J connectivity index is 2.97. The summed E-state index contributed by atoms with van der Waals surface area (Å²) in [5.74, 6) is -0.384. The molecule has 1 N–H and O–H groups in total. The zero-order valence-corrected chi connectivity index (χ0v) is 7.40. The summed E-state index contributed by atoms with van der Waals surface area (Å²) in [5, 5.41) is 0. The largest absolute Gasteiger partial charge is 0.306 e. The van der Waals surface area contributed by atoms with E-state index in [-0.39, 0.29) is 11.6 Å². The van der Waals surface area contributed by atoms with Gasteiger partial charge in [0.25, 0.3) is 0 Å². The van der Waals surface area contributed by atoms with Crippen molar-refractivity contribution in [3.05, 3.63) is 35.1 Å². The number of rotatable bonds is 2. The van der Waals surface area contributed by atoms with Crippen LogP contribution >= 0.6 is 0 Å². The lowest BCUT2D eigenvalue weighted by Crippen LogP contribution is -1.96. The maximum Gasteiger partial charge on any atom is 0.157 e. The Hall–Kier alpha value is -0.740. The molecule has 0 aliphatic heterocycles. The summed E-state index contributed by atoms with van der Waals surface area (Å²) in [4.78, 5) is 0. The van der Waals surface area contributed by atoms with Gasteiger partial charge in [-0.25, -0.2) is 8.60 Å². The smallest absolute Gasteiger partial charge is 0.157 e. The number of benzene rings is 1. The fraction of sp³-hybridized carbons (Fsp3) is 0.250. The van der Waals surface area contributed by atoms with Crippen molar-refractivity contribution < 1.29 is 13.2 Å². The Morgan fingerprint density at radius 1 is 1.58 bits per heavy atom. The van der Waals surface area contributed by atoms with Crippen molar-refractivity contribution >= 4 is 11.1 Å². The zero-order valence-electron chi connectivity index (χ0n) is 6.58. The fourth-order valence-electron chi connectivity index (χ4n) is 0.929. The average Bonchev–Trinajstić information content (AvgIpc) is 1.96. The van der Waals surface area contributed by atoms with Crippen LogP contribution in [0.5, 0.6) is 0 Å². The van der Waals surface area contributed by atoms with Gasteiger partial charge in [0.15, 0.2) is 11.1 Å². The first-order valence-corrected chi connectivity index (χ1v) is 4.69. The van der Waals surface area contributed by atoms with E-state index in [4.69, 9.17) is 4.55 Å². The van der Waals surface area contributed by atoms with Crippen LogP contribution in [-0.4, -0.2) is 8.76 Å². The molecule has 0 spiro atoms. The number of aryl methyl sites for hydroxylation is 1. The molecule has 0 aromatic heterocycles. The van der Waals surface area contributed by atoms with Gasteiger partial charge in [-0.3, -0.25) is 0 Å². The summed E-state index contributed by atoms with van der Waals surface area (Å²) < 4.78 is 31.6. The summed E-state index contributed by atoms with van der Waals surface area (Å²) in [6, 6.07) is 4.21. The van der Waals surface area contributed by atoms with E-state index >= 15 is 0 Å². The topological polar surface area (TPSA) is 37.3 Å². The van der Waals surface area contributed by atoms with Gasteiger partial charge in [0, 0.05) is 0 Å². The first kappa shape index (κ1) is 9.35. The molecule has 0 saturated carbocycles. The third kappa shape index (κ3) is 2.39. The number of halogens is 1. The van der Waals surface area contributed by atoms with Crippen molar-refractivity contribution in [1.82, 2.24) is 0 Å². The molecule has 0 heterocycles. The molecule has 0 radical (unpaired) electrons. The first-order valence-electron chi connectivity index (χ1n) is 3.42. The van der Waals surface area contributed by atoms with Crippen LogP contribution in [0, 0.1) is 12.7 Å². The maximum atomic E-state index is 12.6. The van der Waals surface area contributed by atoms with Gasteiger partial charge in [-0.05, 0) is 30.2 Å². The molecular weight excluding hydrogens is 179 g/mol. The van der Waals surface area contributed by atoms with Gasteiger partial charge in [0.2, 0.25) is 0 Å². The first-order chi connectivity index (χ1) is 5.59. The summed E-state index contributed by atoms with van der Waals surface area (Å²) in [6.45, 7) is 1.78. The van der Waals surface area contributed by atoms with Crippen LogP contribution in [0.15, 0.2) is 18.2 Å². The van der Waals surface area contributed by atoms with E-state index in [2.05, 4.69) is 0 Å².